The maximum atomic E-state index is 12.7. The van der Waals surface area contributed by atoms with Gasteiger partial charge in [-0.05, 0) is 91.0 Å². The molecule has 2 aromatic carbocycles. The Labute approximate surface area is 196 Å². The number of pyridine rings is 1. The molecule has 1 atom stereocenters. The number of fused-ring (bicyclic) bond motifs is 1. The Morgan fingerprint density at radius 3 is 2.45 bits per heavy atom. The lowest BCUT2D eigenvalue weighted by atomic mass is 9.76. The zero-order valence-electron chi connectivity index (χ0n) is 19.4. The van der Waals surface area contributed by atoms with Crippen molar-refractivity contribution in [3.63, 3.8) is 0 Å². The second-order valence-corrected chi connectivity index (χ2v) is 10.2. The highest BCUT2D eigenvalue weighted by Crippen LogP contribution is 2.57. The molecule has 6 rings (SSSR count). The highest BCUT2D eigenvalue weighted by Gasteiger charge is 2.51. The first-order valence-corrected chi connectivity index (χ1v) is 12.5. The van der Waals surface area contributed by atoms with Crippen LogP contribution in [-0.4, -0.2) is 41.6 Å². The van der Waals surface area contributed by atoms with Crippen LogP contribution in [0.3, 0.4) is 0 Å². The molecule has 0 N–H and O–H groups in total. The first kappa shape index (κ1) is 20.9. The molecule has 4 nitrogen and oxygen atoms in total. The van der Waals surface area contributed by atoms with Crippen molar-refractivity contribution in [2.45, 2.75) is 57.0 Å². The fraction of sp³-hybridized carbons (Fsp3) is 0.448. The third-order valence-electron chi connectivity index (χ3n) is 8.34. The second-order valence-electron chi connectivity index (χ2n) is 10.2. The number of rotatable bonds is 4. The molecule has 3 fully saturated rings. The minimum atomic E-state index is -0.181. The van der Waals surface area contributed by atoms with E-state index in [1.165, 1.54) is 40.3 Å². The van der Waals surface area contributed by atoms with Crippen molar-refractivity contribution in [1.29, 1.82) is 0 Å². The van der Waals surface area contributed by atoms with E-state index in [0.717, 1.165) is 51.1 Å². The third kappa shape index (κ3) is 3.74. The van der Waals surface area contributed by atoms with Gasteiger partial charge >= 0.3 is 0 Å². The maximum absolute atomic E-state index is 12.7. The van der Waals surface area contributed by atoms with Gasteiger partial charge in [-0.3, -0.25) is 9.78 Å². The topological polar surface area (TPSA) is 42.4 Å². The summed E-state index contributed by atoms with van der Waals surface area (Å²) in [5.74, 6) is 0.898. The summed E-state index contributed by atoms with van der Waals surface area (Å²) in [6.45, 7) is 4.57. The van der Waals surface area contributed by atoms with E-state index in [2.05, 4.69) is 65.3 Å². The van der Waals surface area contributed by atoms with E-state index in [1.807, 2.05) is 6.20 Å². The standard InChI is InChI=1S/C29H32N2O2/c1-20-26-9-6-22(19-23(26)10-15-30-20)21-4-7-24(8-5-21)29(13-14-29)25-11-16-31(17-12-25)28(32)27-3-2-18-33-27/h4-10,15,19,25,27H,2-3,11-14,16-18H2,1H3/t27-/m1/s1. The van der Waals surface area contributed by atoms with E-state index >= 15 is 0 Å². The summed E-state index contributed by atoms with van der Waals surface area (Å²) in [5, 5.41) is 2.46. The van der Waals surface area contributed by atoms with Gasteiger partial charge in [-0.1, -0.05) is 36.4 Å². The first-order valence-electron chi connectivity index (χ1n) is 12.5. The number of amides is 1. The fourth-order valence-corrected chi connectivity index (χ4v) is 6.20. The molecular weight excluding hydrogens is 408 g/mol. The molecule has 0 bridgehead atoms. The highest BCUT2D eigenvalue weighted by atomic mass is 16.5. The molecule has 33 heavy (non-hydrogen) atoms. The fourth-order valence-electron chi connectivity index (χ4n) is 6.20. The van der Waals surface area contributed by atoms with Crippen LogP contribution in [0.2, 0.25) is 0 Å². The average molecular weight is 441 g/mol. The second kappa shape index (κ2) is 8.25. The number of benzene rings is 2. The van der Waals surface area contributed by atoms with Gasteiger partial charge < -0.3 is 9.64 Å². The van der Waals surface area contributed by atoms with Gasteiger partial charge in [0.2, 0.25) is 0 Å². The largest absolute Gasteiger partial charge is 0.368 e. The van der Waals surface area contributed by atoms with Gasteiger partial charge in [0.05, 0.1) is 0 Å². The SMILES string of the molecule is Cc1nccc2cc(-c3ccc(C4(C5CCN(C(=O)[C@H]6CCCO6)CC5)CC4)cc3)ccc12. The molecule has 0 radical (unpaired) electrons. The van der Waals surface area contributed by atoms with Crippen molar-refractivity contribution in [1.82, 2.24) is 9.88 Å². The Balaban J connectivity index is 1.16. The van der Waals surface area contributed by atoms with Crippen molar-refractivity contribution in [2.75, 3.05) is 19.7 Å². The minimum Gasteiger partial charge on any atom is -0.368 e. The zero-order chi connectivity index (χ0) is 22.4. The van der Waals surface area contributed by atoms with Crippen LogP contribution >= 0.6 is 0 Å². The molecule has 2 saturated heterocycles. The predicted octanol–water partition coefficient (Wildman–Crippen LogP) is 5.66. The van der Waals surface area contributed by atoms with Crippen LogP contribution in [-0.2, 0) is 14.9 Å². The quantitative estimate of drug-likeness (QED) is 0.526. The molecule has 3 aromatic rings. The number of carbonyl (C=O) groups is 1. The molecule has 1 amide bonds. The lowest BCUT2D eigenvalue weighted by molar-refractivity contribution is -0.142. The number of piperidine rings is 1. The zero-order valence-corrected chi connectivity index (χ0v) is 19.4. The number of ether oxygens (including phenoxy) is 1. The molecule has 3 aliphatic rings. The van der Waals surface area contributed by atoms with E-state index in [0.29, 0.717) is 11.3 Å². The van der Waals surface area contributed by atoms with Crippen molar-refractivity contribution < 1.29 is 9.53 Å². The van der Waals surface area contributed by atoms with Crippen molar-refractivity contribution in [2.24, 2.45) is 5.92 Å². The smallest absolute Gasteiger partial charge is 0.251 e. The predicted molar refractivity (Wildman–Crippen MR) is 131 cm³/mol. The van der Waals surface area contributed by atoms with Crippen molar-refractivity contribution in [3.05, 3.63) is 66.0 Å². The van der Waals surface area contributed by atoms with Crippen molar-refractivity contribution >= 4 is 16.7 Å². The van der Waals surface area contributed by atoms with E-state index in [9.17, 15) is 4.79 Å². The van der Waals surface area contributed by atoms with E-state index in [1.54, 1.807) is 0 Å². The van der Waals surface area contributed by atoms with Gasteiger partial charge in [-0.25, -0.2) is 0 Å². The molecule has 3 heterocycles. The lowest BCUT2D eigenvalue weighted by Crippen LogP contribution is -2.45. The Bertz CT molecular complexity index is 1170. The molecule has 2 aliphatic heterocycles. The number of likely N-dealkylation sites (tertiary alicyclic amines) is 1. The van der Waals surface area contributed by atoms with E-state index in [-0.39, 0.29) is 12.0 Å². The summed E-state index contributed by atoms with van der Waals surface area (Å²) in [6, 6.07) is 18.1. The van der Waals surface area contributed by atoms with Crippen molar-refractivity contribution in [3.8, 4) is 11.1 Å². The number of aryl methyl sites for hydroxylation is 1. The Kier molecular flexibility index (Phi) is 5.21. The average Bonchev–Trinajstić information content (AvgIpc) is 3.49. The summed E-state index contributed by atoms with van der Waals surface area (Å²) in [6.07, 6.45) is 8.39. The summed E-state index contributed by atoms with van der Waals surface area (Å²) in [5.41, 5.74) is 5.40. The van der Waals surface area contributed by atoms with Crippen LogP contribution in [0.1, 0.15) is 49.8 Å². The van der Waals surface area contributed by atoms with Crippen LogP contribution in [0.4, 0.5) is 0 Å². The highest BCUT2D eigenvalue weighted by molar-refractivity contribution is 5.88. The van der Waals surface area contributed by atoms with Gasteiger partial charge in [-0.15, -0.1) is 0 Å². The molecule has 4 heteroatoms. The number of hydrogen-bond acceptors (Lipinski definition) is 3. The van der Waals surface area contributed by atoms with Crippen LogP contribution in [0.25, 0.3) is 21.9 Å². The van der Waals surface area contributed by atoms with Gasteiger partial charge in [0.15, 0.2) is 0 Å². The number of aromatic nitrogens is 1. The first-order chi connectivity index (χ1) is 16.1. The maximum Gasteiger partial charge on any atom is 0.251 e. The Hall–Kier alpha value is -2.72. The number of hydrogen-bond donors (Lipinski definition) is 0. The monoisotopic (exact) mass is 440 g/mol. The third-order valence-corrected chi connectivity index (χ3v) is 8.34. The van der Waals surface area contributed by atoms with Crippen LogP contribution in [0.15, 0.2) is 54.7 Å². The van der Waals surface area contributed by atoms with Crippen LogP contribution in [0, 0.1) is 12.8 Å². The lowest BCUT2D eigenvalue weighted by Gasteiger charge is -2.37. The van der Waals surface area contributed by atoms with Gasteiger partial charge in [0.25, 0.3) is 5.91 Å². The molecule has 1 aromatic heterocycles. The summed E-state index contributed by atoms with van der Waals surface area (Å²) in [4.78, 5) is 19.2. The molecule has 0 spiro atoms. The van der Waals surface area contributed by atoms with Crippen LogP contribution in [0.5, 0.6) is 0 Å². The Morgan fingerprint density at radius 1 is 1.00 bits per heavy atom. The van der Waals surface area contributed by atoms with Gasteiger partial charge in [-0.2, -0.15) is 0 Å². The summed E-state index contributed by atoms with van der Waals surface area (Å²) in [7, 11) is 0. The molecular formula is C29H32N2O2. The van der Waals surface area contributed by atoms with Crippen LogP contribution < -0.4 is 0 Å². The van der Waals surface area contributed by atoms with E-state index < -0.39 is 0 Å². The number of carbonyl (C=O) groups excluding carboxylic acids is 1. The minimum absolute atomic E-state index is 0.181. The molecule has 1 aliphatic carbocycles. The summed E-state index contributed by atoms with van der Waals surface area (Å²) >= 11 is 0. The molecule has 0 unspecified atom stereocenters. The normalized spacial score (nSPS) is 22.6. The Morgan fingerprint density at radius 2 is 1.76 bits per heavy atom. The molecule has 1 saturated carbocycles. The van der Waals surface area contributed by atoms with E-state index in [4.69, 9.17) is 4.74 Å². The number of nitrogens with zero attached hydrogens (tertiary/aromatic N) is 2. The molecule has 170 valence electrons. The van der Waals surface area contributed by atoms with Gasteiger partial charge in [0.1, 0.15) is 6.10 Å². The summed E-state index contributed by atoms with van der Waals surface area (Å²) < 4.78 is 5.63. The van der Waals surface area contributed by atoms with Gasteiger partial charge in [0, 0.05) is 37.0 Å².